The molecule has 1 aliphatic rings. The van der Waals surface area contributed by atoms with Gasteiger partial charge in [0.1, 0.15) is 5.75 Å². The van der Waals surface area contributed by atoms with Crippen molar-refractivity contribution >= 4 is 5.91 Å². The fraction of sp³-hybridized carbons (Fsp3) is 0.458. The van der Waals surface area contributed by atoms with Gasteiger partial charge in [-0.2, -0.15) is 0 Å². The number of phenolic OH excluding ortho intramolecular Hbond substituents is 1. The molecule has 3 rings (SSSR count). The minimum absolute atomic E-state index is 0.0219. The van der Waals surface area contributed by atoms with Crippen LogP contribution in [0.2, 0.25) is 0 Å². The van der Waals surface area contributed by atoms with Crippen molar-refractivity contribution in [3.05, 3.63) is 65.2 Å². The van der Waals surface area contributed by atoms with Crippen molar-refractivity contribution in [2.45, 2.75) is 38.6 Å². The lowest BCUT2D eigenvalue weighted by atomic mass is 9.94. The summed E-state index contributed by atoms with van der Waals surface area (Å²) in [7, 11) is 4.08. The van der Waals surface area contributed by atoms with E-state index in [9.17, 15) is 9.90 Å². The van der Waals surface area contributed by atoms with Crippen LogP contribution in [-0.2, 0) is 16.6 Å². The molecule has 0 bridgehead atoms. The van der Waals surface area contributed by atoms with Gasteiger partial charge in [-0.05, 0) is 56.1 Å². The zero-order chi connectivity index (χ0) is 20.5. The summed E-state index contributed by atoms with van der Waals surface area (Å²) in [6.07, 6.45) is 0.824. The number of nitrogens with zero attached hydrogens (tertiary/aromatic N) is 1. The number of amides is 1. The third kappa shape index (κ3) is 3.93. The van der Waals surface area contributed by atoms with Crippen LogP contribution in [0.15, 0.2) is 48.5 Å². The topological polar surface area (TPSA) is 52.6 Å². The highest BCUT2D eigenvalue weighted by molar-refractivity contribution is 5.85. The van der Waals surface area contributed by atoms with Gasteiger partial charge >= 0.3 is 0 Å². The Morgan fingerprint density at radius 1 is 1.21 bits per heavy atom. The Morgan fingerprint density at radius 3 is 2.50 bits per heavy atom. The summed E-state index contributed by atoms with van der Waals surface area (Å²) in [5.41, 5.74) is 3.21. The first kappa shape index (κ1) is 20.4. The lowest BCUT2D eigenvalue weighted by Gasteiger charge is -2.25. The Labute approximate surface area is 168 Å². The fourth-order valence-corrected chi connectivity index (χ4v) is 4.35. The van der Waals surface area contributed by atoms with Crippen LogP contribution in [0.1, 0.15) is 30.5 Å². The van der Waals surface area contributed by atoms with Crippen molar-refractivity contribution in [2.75, 3.05) is 20.6 Å². The van der Waals surface area contributed by atoms with Gasteiger partial charge in [-0.25, -0.2) is 0 Å². The number of carbonyl (C=O) groups is 1. The van der Waals surface area contributed by atoms with Crippen LogP contribution >= 0.6 is 0 Å². The summed E-state index contributed by atoms with van der Waals surface area (Å²) in [6, 6.07) is 16.3. The molecular weight excluding hydrogens is 348 g/mol. The molecule has 4 atom stereocenters. The summed E-state index contributed by atoms with van der Waals surface area (Å²) >= 11 is 0. The van der Waals surface area contributed by atoms with Crippen molar-refractivity contribution < 1.29 is 9.90 Å². The van der Waals surface area contributed by atoms with E-state index >= 15 is 0 Å². The molecule has 0 aliphatic heterocycles. The molecule has 2 aromatic rings. The van der Waals surface area contributed by atoms with Gasteiger partial charge in [-0.3, -0.25) is 4.79 Å². The van der Waals surface area contributed by atoms with Crippen LogP contribution in [0.3, 0.4) is 0 Å². The summed E-state index contributed by atoms with van der Waals surface area (Å²) in [5.74, 6) is 0.829. The first-order valence-corrected chi connectivity index (χ1v) is 10.0. The molecule has 0 unspecified atom stereocenters. The number of hydrogen-bond donors (Lipinski definition) is 2. The second kappa shape index (κ2) is 7.96. The number of carbonyl (C=O) groups excluding carboxylic acids is 1. The molecule has 28 heavy (non-hydrogen) atoms. The quantitative estimate of drug-likeness (QED) is 0.773. The van der Waals surface area contributed by atoms with Gasteiger partial charge in [-0.15, -0.1) is 0 Å². The summed E-state index contributed by atoms with van der Waals surface area (Å²) in [4.78, 5) is 15.1. The van der Waals surface area contributed by atoms with Crippen molar-refractivity contribution in [1.29, 1.82) is 0 Å². The molecule has 0 saturated heterocycles. The number of likely N-dealkylation sites (N-methyl/N-ethyl adjacent to an activating group) is 1. The molecule has 150 valence electrons. The Kier molecular flexibility index (Phi) is 5.80. The number of benzene rings is 2. The molecule has 2 aromatic carbocycles. The fourth-order valence-electron chi connectivity index (χ4n) is 4.35. The standard InChI is InChI=1S/C24H32N2O2/c1-16-13-18(11-12-21(16)27)14-20(26(4)5)15-25-23(28)22-17(2)24(22,3)19-9-7-6-8-10-19/h6-13,17,20,22,27H,14-15H2,1-5H3,(H,25,28)/t17-,20-,22-,24+/m0/s1. The third-order valence-corrected chi connectivity index (χ3v) is 6.64. The highest BCUT2D eigenvalue weighted by Crippen LogP contribution is 2.59. The summed E-state index contributed by atoms with van der Waals surface area (Å²) < 4.78 is 0. The van der Waals surface area contributed by atoms with E-state index in [1.54, 1.807) is 6.07 Å². The van der Waals surface area contributed by atoms with Gasteiger partial charge in [0, 0.05) is 18.0 Å². The summed E-state index contributed by atoms with van der Waals surface area (Å²) in [5, 5.41) is 12.9. The first-order chi connectivity index (χ1) is 13.2. The normalized spacial score (nSPS) is 24.8. The largest absolute Gasteiger partial charge is 0.508 e. The van der Waals surface area contributed by atoms with Gasteiger partial charge in [0.05, 0.1) is 5.92 Å². The number of aromatic hydroxyl groups is 1. The molecule has 0 spiro atoms. The van der Waals surface area contributed by atoms with Gasteiger partial charge in [0.25, 0.3) is 0 Å². The maximum absolute atomic E-state index is 12.9. The first-order valence-electron chi connectivity index (χ1n) is 10.0. The van der Waals surface area contributed by atoms with Crippen LogP contribution in [0, 0.1) is 18.8 Å². The molecule has 4 nitrogen and oxygen atoms in total. The molecule has 2 N–H and O–H groups in total. The second-order valence-corrected chi connectivity index (χ2v) is 8.60. The molecule has 0 heterocycles. The van der Waals surface area contributed by atoms with E-state index < -0.39 is 0 Å². The Bertz CT molecular complexity index is 834. The van der Waals surface area contributed by atoms with E-state index in [1.807, 2.05) is 51.4 Å². The lowest BCUT2D eigenvalue weighted by Crippen LogP contribution is -2.42. The molecule has 0 radical (unpaired) electrons. The lowest BCUT2D eigenvalue weighted by molar-refractivity contribution is -0.123. The van der Waals surface area contributed by atoms with E-state index in [2.05, 4.69) is 36.2 Å². The monoisotopic (exact) mass is 380 g/mol. The van der Waals surface area contributed by atoms with Crippen LogP contribution in [0.5, 0.6) is 5.75 Å². The molecular formula is C24H32N2O2. The van der Waals surface area contributed by atoms with Gasteiger partial charge in [-0.1, -0.05) is 56.3 Å². The van der Waals surface area contributed by atoms with Crippen molar-refractivity contribution in [2.24, 2.45) is 11.8 Å². The number of hydrogen-bond acceptors (Lipinski definition) is 3. The highest BCUT2D eigenvalue weighted by Gasteiger charge is 2.62. The van der Waals surface area contributed by atoms with Crippen LogP contribution < -0.4 is 5.32 Å². The Balaban J connectivity index is 1.62. The number of aryl methyl sites for hydroxylation is 1. The average Bonchev–Trinajstić information content (AvgIpc) is 3.24. The molecule has 1 amide bonds. The van der Waals surface area contributed by atoms with E-state index in [1.165, 1.54) is 5.56 Å². The molecule has 1 saturated carbocycles. The number of nitrogens with one attached hydrogen (secondary N) is 1. The van der Waals surface area contributed by atoms with Crippen molar-refractivity contribution in [3.8, 4) is 5.75 Å². The van der Waals surface area contributed by atoms with E-state index in [4.69, 9.17) is 0 Å². The van der Waals surface area contributed by atoms with Crippen molar-refractivity contribution in [3.63, 3.8) is 0 Å². The SMILES string of the molecule is Cc1cc(C[C@@H](CNC(=O)[C@@H]2[C@H](C)[C@]2(C)c2ccccc2)N(C)C)ccc1O. The highest BCUT2D eigenvalue weighted by atomic mass is 16.3. The Morgan fingerprint density at radius 2 is 1.89 bits per heavy atom. The van der Waals surface area contributed by atoms with Crippen LogP contribution in [0.4, 0.5) is 0 Å². The second-order valence-electron chi connectivity index (χ2n) is 8.60. The molecule has 1 aliphatic carbocycles. The minimum Gasteiger partial charge on any atom is -0.508 e. The van der Waals surface area contributed by atoms with Crippen molar-refractivity contribution in [1.82, 2.24) is 10.2 Å². The zero-order valence-corrected chi connectivity index (χ0v) is 17.6. The number of phenols is 1. The third-order valence-electron chi connectivity index (χ3n) is 6.64. The molecule has 4 heteroatoms. The minimum atomic E-state index is -0.0764. The maximum atomic E-state index is 12.9. The maximum Gasteiger partial charge on any atom is 0.224 e. The average molecular weight is 381 g/mol. The zero-order valence-electron chi connectivity index (χ0n) is 17.6. The van der Waals surface area contributed by atoms with Crippen LogP contribution in [-0.4, -0.2) is 42.6 Å². The van der Waals surface area contributed by atoms with Gasteiger partial charge in [0.15, 0.2) is 0 Å². The molecule has 1 fully saturated rings. The number of rotatable bonds is 7. The summed E-state index contributed by atoms with van der Waals surface area (Å²) in [6.45, 7) is 6.88. The molecule has 0 aromatic heterocycles. The van der Waals surface area contributed by atoms with E-state index in [0.717, 1.165) is 17.5 Å². The predicted octanol–water partition coefficient (Wildman–Crippen LogP) is 3.51. The smallest absolute Gasteiger partial charge is 0.224 e. The van der Waals surface area contributed by atoms with Gasteiger partial charge < -0.3 is 15.3 Å². The predicted molar refractivity (Wildman–Crippen MR) is 113 cm³/mol. The van der Waals surface area contributed by atoms with E-state index in [0.29, 0.717) is 18.2 Å². The van der Waals surface area contributed by atoms with Gasteiger partial charge in [0.2, 0.25) is 5.91 Å². The van der Waals surface area contributed by atoms with E-state index in [-0.39, 0.29) is 23.3 Å². The Hall–Kier alpha value is -2.33. The van der Waals surface area contributed by atoms with Crippen LogP contribution in [0.25, 0.3) is 0 Å².